The Hall–Kier alpha value is -0.830. The molecule has 1 atom stereocenters. The van der Waals surface area contributed by atoms with Gasteiger partial charge in [0.2, 0.25) is 0 Å². The summed E-state index contributed by atoms with van der Waals surface area (Å²) in [5, 5.41) is 0. The van der Waals surface area contributed by atoms with Crippen molar-refractivity contribution >= 4 is 5.84 Å². The van der Waals surface area contributed by atoms with E-state index in [9.17, 15) is 0 Å². The van der Waals surface area contributed by atoms with E-state index in [2.05, 4.69) is 35.9 Å². The number of rotatable bonds is 16. The monoisotopic (exact) mass is 349 g/mol. The average Bonchev–Trinajstić information content (AvgIpc) is 3.07. The van der Waals surface area contributed by atoms with Crippen molar-refractivity contribution in [3.8, 4) is 0 Å². The zero-order valence-electron chi connectivity index (χ0n) is 17.0. The molecule has 146 valence electrons. The molecular weight excluding hydrogens is 306 g/mol. The van der Waals surface area contributed by atoms with Gasteiger partial charge in [-0.15, -0.1) is 0 Å². The van der Waals surface area contributed by atoms with Gasteiger partial charge in [0.05, 0.1) is 12.7 Å². The molecule has 0 amide bonds. The Morgan fingerprint density at radius 1 is 0.920 bits per heavy atom. The second kappa shape index (κ2) is 15.4. The van der Waals surface area contributed by atoms with Crippen LogP contribution < -0.4 is 5.73 Å². The summed E-state index contributed by atoms with van der Waals surface area (Å²) in [6.07, 6.45) is 23.6. The minimum Gasteiger partial charge on any atom is -0.343 e. The maximum absolute atomic E-state index is 5.98. The quantitative estimate of drug-likeness (QED) is 0.272. The molecule has 0 bridgehead atoms. The number of hydrogen-bond donors (Lipinski definition) is 1. The largest absolute Gasteiger partial charge is 0.343 e. The summed E-state index contributed by atoms with van der Waals surface area (Å²) in [4.78, 5) is 6.85. The van der Waals surface area contributed by atoms with Gasteiger partial charge in [0.15, 0.2) is 0 Å². The smallest absolute Gasteiger partial charge is 0.100 e. The highest BCUT2D eigenvalue weighted by Gasteiger charge is 2.18. The molecule has 1 aliphatic rings. The highest BCUT2D eigenvalue weighted by molar-refractivity contribution is 5.83. The third-order valence-corrected chi connectivity index (χ3v) is 5.12. The zero-order chi connectivity index (χ0) is 18.2. The van der Waals surface area contributed by atoms with E-state index in [1.807, 2.05) is 0 Å². The molecule has 25 heavy (non-hydrogen) atoms. The Kier molecular flexibility index (Phi) is 13.7. The number of amidine groups is 1. The Labute approximate surface area is 157 Å². The Balaban J connectivity index is 1.84. The molecule has 0 radical (unpaired) electrons. The van der Waals surface area contributed by atoms with Crippen molar-refractivity contribution in [1.82, 2.24) is 4.90 Å². The summed E-state index contributed by atoms with van der Waals surface area (Å²) in [5.74, 6) is 1.24. The third kappa shape index (κ3) is 11.4. The van der Waals surface area contributed by atoms with E-state index < -0.39 is 0 Å². The van der Waals surface area contributed by atoms with Crippen LogP contribution in [0.2, 0.25) is 0 Å². The summed E-state index contributed by atoms with van der Waals surface area (Å²) in [6, 6.07) is 0. The predicted molar refractivity (Wildman–Crippen MR) is 112 cm³/mol. The first kappa shape index (κ1) is 22.2. The highest BCUT2D eigenvalue weighted by Crippen LogP contribution is 2.13. The third-order valence-electron chi connectivity index (χ3n) is 5.12. The molecule has 0 aromatic heterocycles. The molecule has 0 spiro atoms. The standard InChI is InChI=1S/C22H43N3/c1-3-4-5-6-7-8-9-10-11-12-13-14-15-16-17-18-22-24-19-20-25(22)21(2)23/h10-11,21H,3-9,12-20,23H2,1-2H3/b11-10+. The van der Waals surface area contributed by atoms with Gasteiger partial charge >= 0.3 is 0 Å². The SMILES string of the molecule is CCCCCCCC/C=C/CCCCCCCC1=NCCN1C(C)N. The highest BCUT2D eigenvalue weighted by atomic mass is 15.3. The fourth-order valence-electron chi connectivity index (χ4n) is 3.52. The van der Waals surface area contributed by atoms with Gasteiger partial charge < -0.3 is 10.6 Å². The van der Waals surface area contributed by atoms with Crippen molar-refractivity contribution in [2.75, 3.05) is 13.1 Å². The van der Waals surface area contributed by atoms with Gasteiger partial charge in [-0.05, 0) is 39.0 Å². The molecule has 1 aliphatic heterocycles. The van der Waals surface area contributed by atoms with Crippen molar-refractivity contribution in [2.45, 2.75) is 110 Å². The molecular formula is C22H43N3. The van der Waals surface area contributed by atoms with Crippen LogP contribution in [-0.2, 0) is 0 Å². The topological polar surface area (TPSA) is 41.6 Å². The Bertz CT molecular complexity index is 360. The van der Waals surface area contributed by atoms with Crippen LogP contribution in [0.25, 0.3) is 0 Å². The van der Waals surface area contributed by atoms with Gasteiger partial charge in [-0.25, -0.2) is 0 Å². The normalized spacial score (nSPS) is 16.0. The molecule has 0 aliphatic carbocycles. The first-order valence-corrected chi connectivity index (χ1v) is 11.0. The molecule has 0 aromatic rings. The van der Waals surface area contributed by atoms with Crippen LogP contribution in [0.4, 0.5) is 0 Å². The van der Waals surface area contributed by atoms with E-state index in [0.717, 1.165) is 19.5 Å². The maximum Gasteiger partial charge on any atom is 0.100 e. The first-order valence-electron chi connectivity index (χ1n) is 11.0. The van der Waals surface area contributed by atoms with E-state index in [4.69, 9.17) is 5.73 Å². The lowest BCUT2D eigenvalue weighted by Gasteiger charge is -2.24. The van der Waals surface area contributed by atoms with Crippen molar-refractivity contribution < 1.29 is 0 Å². The molecule has 1 heterocycles. The van der Waals surface area contributed by atoms with Crippen molar-refractivity contribution in [1.29, 1.82) is 0 Å². The summed E-state index contributed by atoms with van der Waals surface area (Å²) >= 11 is 0. The second-order valence-electron chi connectivity index (χ2n) is 7.57. The van der Waals surface area contributed by atoms with Crippen molar-refractivity contribution in [2.24, 2.45) is 10.7 Å². The summed E-state index contributed by atoms with van der Waals surface area (Å²) in [7, 11) is 0. The van der Waals surface area contributed by atoms with Crippen LogP contribution in [0.1, 0.15) is 104 Å². The number of nitrogens with two attached hydrogens (primary N) is 1. The molecule has 1 unspecified atom stereocenters. The lowest BCUT2D eigenvalue weighted by atomic mass is 10.1. The van der Waals surface area contributed by atoms with E-state index in [0.29, 0.717) is 0 Å². The summed E-state index contributed by atoms with van der Waals surface area (Å²) in [6.45, 7) is 6.28. The van der Waals surface area contributed by atoms with Gasteiger partial charge in [-0.3, -0.25) is 4.99 Å². The number of unbranched alkanes of at least 4 members (excludes halogenated alkanes) is 11. The van der Waals surface area contributed by atoms with Crippen LogP contribution in [0, 0.1) is 0 Å². The van der Waals surface area contributed by atoms with Gasteiger partial charge in [-0.1, -0.05) is 70.4 Å². The number of aliphatic imine (C=N–C) groups is 1. The molecule has 1 rings (SSSR count). The van der Waals surface area contributed by atoms with Gasteiger partial charge in [0, 0.05) is 13.0 Å². The molecule has 0 saturated heterocycles. The number of hydrogen-bond acceptors (Lipinski definition) is 3. The first-order chi connectivity index (χ1) is 12.3. The number of nitrogens with zero attached hydrogens (tertiary/aromatic N) is 2. The van der Waals surface area contributed by atoms with E-state index in [-0.39, 0.29) is 6.17 Å². The zero-order valence-corrected chi connectivity index (χ0v) is 17.0. The molecule has 0 saturated carbocycles. The van der Waals surface area contributed by atoms with Crippen LogP contribution in [0.3, 0.4) is 0 Å². The van der Waals surface area contributed by atoms with Crippen molar-refractivity contribution in [3.05, 3.63) is 12.2 Å². The molecule has 3 nitrogen and oxygen atoms in total. The molecule has 0 fully saturated rings. The van der Waals surface area contributed by atoms with Crippen LogP contribution in [0.15, 0.2) is 17.1 Å². The minimum atomic E-state index is 0.115. The second-order valence-corrected chi connectivity index (χ2v) is 7.57. The predicted octanol–water partition coefficient (Wildman–Crippen LogP) is 6.04. The summed E-state index contributed by atoms with van der Waals surface area (Å²) < 4.78 is 0. The minimum absolute atomic E-state index is 0.115. The summed E-state index contributed by atoms with van der Waals surface area (Å²) in [5.41, 5.74) is 5.98. The number of allylic oxidation sites excluding steroid dienone is 2. The van der Waals surface area contributed by atoms with Crippen LogP contribution in [0.5, 0.6) is 0 Å². The van der Waals surface area contributed by atoms with Crippen LogP contribution >= 0.6 is 0 Å². The molecule has 3 heteroatoms. The fourth-order valence-corrected chi connectivity index (χ4v) is 3.52. The Morgan fingerprint density at radius 3 is 2.08 bits per heavy atom. The van der Waals surface area contributed by atoms with E-state index >= 15 is 0 Å². The Morgan fingerprint density at radius 2 is 1.48 bits per heavy atom. The van der Waals surface area contributed by atoms with Crippen molar-refractivity contribution in [3.63, 3.8) is 0 Å². The van der Waals surface area contributed by atoms with Crippen LogP contribution in [-0.4, -0.2) is 30.0 Å². The van der Waals surface area contributed by atoms with E-state index in [1.165, 1.54) is 89.3 Å². The lowest BCUT2D eigenvalue weighted by Crippen LogP contribution is -2.41. The molecule has 2 N–H and O–H groups in total. The maximum atomic E-state index is 5.98. The van der Waals surface area contributed by atoms with Gasteiger partial charge in [0.1, 0.15) is 5.84 Å². The van der Waals surface area contributed by atoms with Gasteiger partial charge in [0.25, 0.3) is 0 Å². The van der Waals surface area contributed by atoms with Gasteiger partial charge in [-0.2, -0.15) is 0 Å². The fraction of sp³-hybridized carbons (Fsp3) is 0.864. The molecule has 0 aromatic carbocycles. The average molecular weight is 350 g/mol. The van der Waals surface area contributed by atoms with E-state index in [1.54, 1.807) is 0 Å². The lowest BCUT2D eigenvalue weighted by molar-refractivity contribution is 0.358.